The molecule has 2 fully saturated rings. The van der Waals surface area contributed by atoms with Crippen molar-refractivity contribution in [2.75, 3.05) is 53.6 Å². The number of carbonyl (C=O) groups excluding carboxylic acids is 6. The zero-order chi connectivity index (χ0) is 44.4. The third kappa shape index (κ3) is 9.03. The summed E-state index contributed by atoms with van der Waals surface area (Å²) in [6.07, 6.45) is 3.16. The Bertz CT molecular complexity index is 2740. The van der Waals surface area contributed by atoms with E-state index < -0.39 is 35.6 Å². The van der Waals surface area contributed by atoms with Crippen LogP contribution in [0.1, 0.15) is 54.3 Å². The second-order valence-electron chi connectivity index (χ2n) is 16.2. The predicted octanol–water partition coefficient (Wildman–Crippen LogP) is 5.36. The summed E-state index contributed by atoms with van der Waals surface area (Å²) in [5.74, 6) is -2.35. The van der Waals surface area contributed by atoms with Crippen LogP contribution in [0.5, 0.6) is 11.6 Å². The Morgan fingerprint density at radius 2 is 1.71 bits per heavy atom. The molecule has 0 aliphatic carbocycles. The third-order valence-corrected chi connectivity index (χ3v) is 10.5. The summed E-state index contributed by atoms with van der Waals surface area (Å²) >= 11 is 0. The Labute approximate surface area is 360 Å². The van der Waals surface area contributed by atoms with E-state index in [9.17, 15) is 34.0 Å². The number of allylic oxidation sites excluding steroid dienone is 1. The van der Waals surface area contributed by atoms with Gasteiger partial charge in [-0.15, -0.1) is 0 Å². The summed E-state index contributed by atoms with van der Waals surface area (Å²) in [7, 11) is 0. The van der Waals surface area contributed by atoms with Crippen LogP contribution in [0.2, 0.25) is 0 Å². The predicted molar refractivity (Wildman–Crippen MR) is 230 cm³/mol. The fraction of sp³-hybridized carbons (Fsp3) is 0.267. The maximum atomic E-state index is 13.4. The van der Waals surface area contributed by atoms with Crippen LogP contribution in [0.25, 0.3) is 11.1 Å². The maximum absolute atomic E-state index is 13.4. The average molecular weight is 851 g/mol. The molecule has 2 aromatic heterocycles. The van der Waals surface area contributed by atoms with E-state index >= 15 is 0 Å². The highest BCUT2D eigenvalue weighted by Crippen LogP contribution is 2.34. The van der Waals surface area contributed by atoms with Gasteiger partial charge in [-0.3, -0.25) is 39.0 Å². The molecule has 3 aromatic carbocycles. The molecule has 0 spiro atoms. The Balaban J connectivity index is 0.858. The monoisotopic (exact) mass is 850 g/mol. The molecular formula is C45H42N10O8. The summed E-state index contributed by atoms with van der Waals surface area (Å²) in [4.78, 5) is 90.8. The van der Waals surface area contributed by atoms with Crippen molar-refractivity contribution in [3.05, 3.63) is 102 Å². The number of imide groups is 2. The van der Waals surface area contributed by atoms with Crippen molar-refractivity contribution in [3.63, 3.8) is 0 Å². The number of rotatable bonds is 11. The molecule has 63 heavy (non-hydrogen) atoms. The van der Waals surface area contributed by atoms with Gasteiger partial charge in [0, 0.05) is 67.5 Å². The van der Waals surface area contributed by atoms with Crippen molar-refractivity contribution in [1.82, 2.24) is 25.1 Å². The molecule has 0 bridgehead atoms. The van der Waals surface area contributed by atoms with Crippen LogP contribution in [0.15, 0.2) is 95.1 Å². The maximum Gasteiger partial charge on any atom is 0.268 e. The van der Waals surface area contributed by atoms with E-state index in [-0.39, 0.29) is 59.2 Å². The van der Waals surface area contributed by atoms with Crippen LogP contribution in [0.4, 0.5) is 28.7 Å². The van der Waals surface area contributed by atoms with Crippen LogP contribution in [0.3, 0.4) is 0 Å². The number of piperidine rings is 1. The van der Waals surface area contributed by atoms with Crippen LogP contribution in [-0.2, 0) is 19.2 Å². The lowest BCUT2D eigenvalue weighted by atomic mass is 9.93. The third-order valence-electron chi connectivity index (χ3n) is 10.5. The minimum Gasteiger partial charge on any atom is -0.457 e. The highest BCUT2D eigenvalue weighted by atomic mass is 16.5. The van der Waals surface area contributed by atoms with Crippen LogP contribution < -0.4 is 30.9 Å². The van der Waals surface area contributed by atoms with Gasteiger partial charge < -0.3 is 34.9 Å². The number of amides is 6. The van der Waals surface area contributed by atoms with Gasteiger partial charge in [-0.05, 0) is 60.4 Å². The average Bonchev–Trinajstić information content (AvgIpc) is 3.84. The van der Waals surface area contributed by atoms with Gasteiger partial charge in [-0.2, -0.15) is 10.2 Å². The second kappa shape index (κ2) is 17.1. The smallest absolute Gasteiger partial charge is 0.268 e. The van der Waals surface area contributed by atoms with Gasteiger partial charge in [-0.25, -0.2) is 4.98 Å². The molecule has 1 unspecified atom stereocenters. The highest BCUT2D eigenvalue weighted by Gasteiger charge is 2.45. The van der Waals surface area contributed by atoms with Gasteiger partial charge in [0.1, 0.15) is 29.0 Å². The molecule has 2 saturated heterocycles. The molecule has 3 aliphatic rings. The van der Waals surface area contributed by atoms with Crippen LogP contribution >= 0.6 is 0 Å². The molecule has 0 radical (unpaired) electrons. The van der Waals surface area contributed by atoms with E-state index in [1.807, 2.05) is 51.1 Å². The molecule has 5 aromatic rings. The first-order chi connectivity index (χ1) is 30.2. The normalized spacial score (nSPS) is 16.7. The molecule has 18 heteroatoms. The van der Waals surface area contributed by atoms with Gasteiger partial charge >= 0.3 is 0 Å². The Kier molecular flexibility index (Phi) is 11.3. The number of nitrogens with zero attached hydrogens (tertiary/aromatic N) is 6. The lowest BCUT2D eigenvalue weighted by Crippen LogP contribution is -2.54. The van der Waals surface area contributed by atoms with Gasteiger partial charge in [0.2, 0.25) is 29.3 Å². The van der Waals surface area contributed by atoms with Crippen molar-refractivity contribution in [3.8, 4) is 17.7 Å². The van der Waals surface area contributed by atoms with Crippen LogP contribution in [0, 0.1) is 16.7 Å². The van der Waals surface area contributed by atoms with E-state index in [1.165, 1.54) is 12.3 Å². The zero-order valence-electron chi connectivity index (χ0n) is 34.6. The van der Waals surface area contributed by atoms with Gasteiger partial charge in [0.15, 0.2) is 0 Å². The summed E-state index contributed by atoms with van der Waals surface area (Å²) in [5, 5.41) is 20.7. The van der Waals surface area contributed by atoms with E-state index in [4.69, 9.17) is 9.15 Å². The van der Waals surface area contributed by atoms with Crippen LogP contribution in [-0.4, -0.2) is 94.0 Å². The molecule has 320 valence electrons. The molecular weight excluding hydrogens is 809 g/mol. The number of ether oxygens (including phenoxy) is 1. The molecule has 6 amide bonds. The Morgan fingerprint density at radius 1 is 0.952 bits per heavy atom. The number of hydrogen-bond donors (Lipinski definition) is 4. The molecule has 3 aliphatic heterocycles. The molecule has 5 heterocycles. The molecule has 18 nitrogen and oxygen atoms in total. The van der Waals surface area contributed by atoms with Crippen molar-refractivity contribution in [2.45, 2.75) is 39.7 Å². The zero-order valence-corrected chi connectivity index (χ0v) is 34.6. The minimum absolute atomic E-state index is 0.00363. The highest BCUT2D eigenvalue weighted by molar-refractivity contribution is 6.25. The fourth-order valence-corrected chi connectivity index (χ4v) is 7.53. The number of aromatic nitrogens is 2. The number of furan rings is 1. The summed E-state index contributed by atoms with van der Waals surface area (Å²) in [6.45, 7) is 7.66. The minimum atomic E-state index is -1.09. The van der Waals surface area contributed by atoms with E-state index in [0.717, 1.165) is 10.6 Å². The lowest BCUT2D eigenvalue weighted by Gasteiger charge is -2.36. The quantitative estimate of drug-likeness (QED) is 0.0745. The number of anilines is 5. The number of carbonyl (C=O) groups is 6. The number of hydrogen-bond acceptors (Lipinski definition) is 14. The lowest BCUT2D eigenvalue weighted by molar-refractivity contribution is -0.136. The fourth-order valence-electron chi connectivity index (χ4n) is 7.53. The SMILES string of the molecule is CC(C)(C)/C=C(\C#N)C(=O)Nc1cccc(Oc2nc(Nc3ccc(N4CCN(C(=O)CNc5cccc6c5C(=O)N(C5CCC(=O)NC5=O)C6=O)CC4)cc3)nc3ccoc23)c1. The largest absolute Gasteiger partial charge is 0.457 e. The van der Waals surface area contributed by atoms with Crippen molar-refractivity contribution >= 4 is 75.2 Å². The second-order valence-corrected chi connectivity index (χ2v) is 16.2. The molecule has 1 atom stereocenters. The van der Waals surface area contributed by atoms with Gasteiger partial charge in [0.05, 0.1) is 23.9 Å². The Hall–Kier alpha value is -8.07. The van der Waals surface area contributed by atoms with Crippen molar-refractivity contribution in [1.29, 1.82) is 5.26 Å². The Morgan fingerprint density at radius 3 is 2.44 bits per heavy atom. The van der Waals surface area contributed by atoms with Crippen molar-refractivity contribution < 1.29 is 37.9 Å². The summed E-state index contributed by atoms with van der Waals surface area (Å²) < 4.78 is 11.8. The van der Waals surface area contributed by atoms with Gasteiger partial charge in [0.25, 0.3) is 23.6 Å². The molecule has 4 N–H and O–H groups in total. The number of fused-ring (bicyclic) bond motifs is 2. The summed E-state index contributed by atoms with van der Waals surface area (Å²) in [6, 6.07) is 21.7. The summed E-state index contributed by atoms with van der Waals surface area (Å²) in [5.41, 5.74) is 3.10. The van der Waals surface area contributed by atoms with Gasteiger partial charge in [-0.1, -0.05) is 39.0 Å². The number of benzene rings is 3. The first-order valence-corrected chi connectivity index (χ1v) is 20.2. The molecule has 0 saturated carbocycles. The standard InChI is InChI=1S/C45H42N10O8/c1-45(2,3)23-26(24-46)39(58)48-28-6-4-7-30(22-28)63-41-38-33(16-21-62-38)50-44(52-41)49-27-10-12-29(13-11-27)53-17-19-54(20-18-53)36(57)25-47-32-9-5-8-31-37(32)43(61)55(42(31)60)34-14-15-35(56)51-40(34)59/h4-13,16,21-23,34,47H,14-15,17-20,25H2,1-3H3,(H,48,58)(H,49,50,52)(H,51,56,59)/b26-23+. The first-order valence-electron chi connectivity index (χ1n) is 20.2. The number of piperazine rings is 1. The first kappa shape index (κ1) is 41.7. The van der Waals surface area contributed by atoms with E-state index in [1.54, 1.807) is 53.4 Å². The van der Waals surface area contributed by atoms with E-state index in [0.29, 0.717) is 60.1 Å². The number of nitriles is 1. The topological polar surface area (TPSA) is 232 Å². The number of nitrogens with one attached hydrogen (secondary N) is 4. The van der Waals surface area contributed by atoms with Crippen molar-refractivity contribution in [2.24, 2.45) is 5.41 Å². The van der Waals surface area contributed by atoms with E-state index in [2.05, 4.69) is 36.1 Å². The molecule has 8 rings (SSSR count).